The monoisotopic (exact) mass is 496 g/mol. The summed E-state index contributed by atoms with van der Waals surface area (Å²) in [5.74, 6) is 2.19. The van der Waals surface area contributed by atoms with Crippen molar-refractivity contribution in [3.63, 3.8) is 0 Å². The van der Waals surface area contributed by atoms with Crippen molar-refractivity contribution in [2.45, 2.75) is 26.8 Å². The highest BCUT2D eigenvalue weighted by molar-refractivity contribution is 6.01. The summed E-state index contributed by atoms with van der Waals surface area (Å²) in [6.07, 6.45) is 0. The minimum atomic E-state index is -0.519. The second kappa shape index (κ2) is 9.81. The SMILES string of the molecule is COc1ccc(-c2noc(C3=C(C)N(c4ccc(C)c(C)c4)C(=O)NC3c3cccc(OC)c3)n2)cc1. The minimum Gasteiger partial charge on any atom is -0.497 e. The van der Waals surface area contributed by atoms with Gasteiger partial charge in [-0.1, -0.05) is 23.4 Å². The van der Waals surface area contributed by atoms with Gasteiger partial charge >= 0.3 is 6.03 Å². The molecule has 3 aromatic carbocycles. The van der Waals surface area contributed by atoms with Gasteiger partial charge in [0.05, 0.1) is 31.5 Å². The maximum absolute atomic E-state index is 13.5. The van der Waals surface area contributed by atoms with Crippen molar-refractivity contribution in [3.05, 3.63) is 95.0 Å². The second-order valence-corrected chi connectivity index (χ2v) is 8.91. The Balaban J connectivity index is 1.64. The number of hydrogen-bond acceptors (Lipinski definition) is 6. The Morgan fingerprint density at radius 1 is 0.892 bits per heavy atom. The first kappa shape index (κ1) is 24.1. The van der Waals surface area contributed by atoms with E-state index >= 15 is 0 Å². The summed E-state index contributed by atoms with van der Waals surface area (Å²) in [7, 11) is 3.23. The van der Waals surface area contributed by atoms with E-state index < -0.39 is 6.04 Å². The molecule has 1 aliphatic rings. The van der Waals surface area contributed by atoms with Crippen molar-refractivity contribution < 1.29 is 18.8 Å². The van der Waals surface area contributed by atoms with E-state index in [0.29, 0.717) is 28.7 Å². The van der Waals surface area contributed by atoms with E-state index in [4.69, 9.17) is 19.0 Å². The zero-order valence-electron chi connectivity index (χ0n) is 21.4. The predicted octanol–water partition coefficient (Wildman–Crippen LogP) is 6.07. The number of hydrogen-bond donors (Lipinski definition) is 1. The molecule has 1 atom stereocenters. The number of allylic oxidation sites excluding steroid dienone is 1. The molecular formula is C29H28N4O4. The third kappa shape index (κ3) is 4.53. The number of benzene rings is 3. The number of nitrogens with one attached hydrogen (secondary N) is 1. The van der Waals surface area contributed by atoms with Crippen LogP contribution in [0, 0.1) is 13.8 Å². The Morgan fingerprint density at radius 3 is 2.35 bits per heavy atom. The van der Waals surface area contributed by atoms with Crippen LogP contribution in [0.5, 0.6) is 11.5 Å². The van der Waals surface area contributed by atoms with E-state index in [0.717, 1.165) is 33.7 Å². The molecule has 1 aliphatic heterocycles. The third-order valence-corrected chi connectivity index (χ3v) is 6.67. The molecule has 0 bridgehead atoms. The predicted molar refractivity (Wildman–Crippen MR) is 142 cm³/mol. The Kier molecular flexibility index (Phi) is 6.40. The van der Waals surface area contributed by atoms with Gasteiger partial charge in [0.1, 0.15) is 11.5 Å². The summed E-state index contributed by atoms with van der Waals surface area (Å²) in [4.78, 5) is 19.9. The number of ether oxygens (including phenoxy) is 2. The standard InChI is InChI=1S/C29H28N4O4/c1-17-9-12-22(15-18(17)2)33-19(3)25(26(30-29(33)34)21-7-6-8-24(16-21)36-5)28-31-27(32-37-28)20-10-13-23(35-4)14-11-20/h6-16,26H,1-5H3,(H,30,34). The van der Waals surface area contributed by atoms with Crippen LogP contribution in [-0.2, 0) is 0 Å². The minimum absolute atomic E-state index is 0.243. The number of nitrogens with zero attached hydrogens (tertiary/aromatic N) is 3. The number of carbonyl (C=O) groups excluding carboxylic acids is 1. The largest absolute Gasteiger partial charge is 0.497 e. The zero-order valence-corrected chi connectivity index (χ0v) is 21.4. The lowest BCUT2D eigenvalue weighted by molar-refractivity contribution is 0.244. The Hall–Kier alpha value is -4.59. The normalized spacial score (nSPS) is 15.5. The Labute approximate surface area is 215 Å². The summed E-state index contributed by atoms with van der Waals surface area (Å²) in [5, 5.41) is 7.38. The van der Waals surface area contributed by atoms with Crippen molar-refractivity contribution in [2.75, 3.05) is 19.1 Å². The fraction of sp³-hybridized carbons (Fsp3) is 0.207. The lowest BCUT2D eigenvalue weighted by Crippen LogP contribution is -2.46. The molecule has 0 radical (unpaired) electrons. The molecule has 0 spiro atoms. The molecule has 8 nitrogen and oxygen atoms in total. The van der Waals surface area contributed by atoms with Gasteiger partial charge in [-0.15, -0.1) is 0 Å². The average molecular weight is 497 g/mol. The van der Waals surface area contributed by atoms with Crippen molar-refractivity contribution in [2.24, 2.45) is 0 Å². The summed E-state index contributed by atoms with van der Waals surface area (Å²) in [6, 6.07) is 20.2. The lowest BCUT2D eigenvalue weighted by Gasteiger charge is -2.35. The van der Waals surface area contributed by atoms with Gasteiger partial charge < -0.3 is 19.3 Å². The highest BCUT2D eigenvalue weighted by atomic mass is 16.5. The molecule has 2 amide bonds. The third-order valence-electron chi connectivity index (χ3n) is 6.67. The highest BCUT2D eigenvalue weighted by Gasteiger charge is 2.36. The van der Waals surface area contributed by atoms with Crippen molar-refractivity contribution >= 4 is 17.3 Å². The molecule has 1 aromatic heterocycles. The van der Waals surface area contributed by atoms with Gasteiger partial charge in [0, 0.05) is 11.3 Å². The van der Waals surface area contributed by atoms with E-state index in [9.17, 15) is 4.79 Å². The molecule has 188 valence electrons. The number of carbonyl (C=O) groups is 1. The van der Waals surface area contributed by atoms with E-state index in [1.165, 1.54) is 0 Å². The van der Waals surface area contributed by atoms with Crippen LogP contribution in [0.3, 0.4) is 0 Å². The van der Waals surface area contributed by atoms with E-state index in [2.05, 4.69) is 10.5 Å². The van der Waals surface area contributed by atoms with Crippen LogP contribution in [0.2, 0.25) is 0 Å². The van der Waals surface area contributed by atoms with Crippen LogP contribution in [-0.4, -0.2) is 30.4 Å². The fourth-order valence-corrected chi connectivity index (χ4v) is 4.46. The lowest BCUT2D eigenvalue weighted by atomic mass is 9.94. The van der Waals surface area contributed by atoms with Crippen LogP contribution in [0.15, 0.2) is 77.0 Å². The molecule has 2 heterocycles. The van der Waals surface area contributed by atoms with Crippen molar-refractivity contribution in [1.29, 1.82) is 0 Å². The average Bonchev–Trinajstić information content (AvgIpc) is 3.40. The molecule has 37 heavy (non-hydrogen) atoms. The molecule has 4 aromatic rings. The molecule has 0 saturated heterocycles. The van der Waals surface area contributed by atoms with Crippen molar-refractivity contribution in [1.82, 2.24) is 15.5 Å². The Morgan fingerprint density at radius 2 is 1.65 bits per heavy atom. The Bertz CT molecular complexity index is 1490. The van der Waals surface area contributed by atoms with E-state index in [-0.39, 0.29) is 6.03 Å². The smallest absolute Gasteiger partial charge is 0.326 e. The molecule has 1 N–H and O–H groups in total. The van der Waals surface area contributed by atoms with Gasteiger partial charge in [0.15, 0.2) is 0 Å². The summed E-state index contributed by atoms with van der Waals surface area (Å²) in [5.41, 5.74) is 6.04. The number of anilines is 1. The number of aromatic nitrogens is 2. The first-order valence-electron chi connectivity index (χ1n) is 11.9. The molecular weight excluding hydrogens is 468 g/mol. The topological polar surface area (TPSA) is 89.7 Å². The van der Waals surface area contributed by atoms with Crippen molar-refractivity contribution in [3.8, 4) is 22.9 Å². The summed E-state index contributed by atoms with van der Waals surface area (Å²) < 4.78 is 16.5. The molecule has 1 unspecified atom stereocenters. The maximum Gasteiger partial charge on any atom is 0.326 e. The molecule has 0 aliphatic carbocycles. The van der Waals surface area contributed by atoms with Gasteiger partial charge in [-0.2, -0.15) is 4.98 Å². The van der Waals surface area contributed by atoms with Crippen LogP contribution in [0.1, 0.15) is 35.5 Å². The molecule has 0 saturated carbocycles. The number of urea groups is 1. The summed E-state index contributed by atoms with van der Waals surface area (Å²) >= 11 is 0. The highest BCUT2D eigenvalue weighted by Crippen LogP contribution is 2.40. The number of amides is 2. The quantitative estimate of drug-likeness (QED) is 0.348. The van der Waals surface area contributed by atoms with Gasteiger partial charge in [0.2, 0.25) is 5.82 Å². The second-order valence-electron chi connectivity index (χ2n) is 8.91. The first-order chi connectivity index (χ1) is 17.9. The van der Waals surface area contributed by atoms with Gasteiger partial charge in [-0.05, 0) is 86.0 Å². The van der Waals surface area contributed by atoms with Gasteiger partial charge in [-0.25, -0.2) is 4.79 Å². The number of rotatable bonds is 6. The molecule has 8 heteroatoms. The zero-order chi connectivity index (χ0) is 26.1. The maximum atomic E-state index is 13.5. The first-order valence-corrected chi connectivity index (χ1v) is 11.9. The molecule has 5 rings (SSSR count). The van der Waals surface area contributed by atoms with Crippen LogP contribution in [0.25, 0.3) is 17.0 Å². The van der Waals surface area contributed by atoms with Gasteiger partial charge in [-0.3, -0.25) is 4.90 Å². The molecule has 0 fully saturated rings. The van der Waals surface area contributed by atoms with E-state index in [1.807, 2.05) is 87.5 Å². The summed E-state index contributed by atoms with van der Waals surface area (Å²) in [6.45, 7) is 5.97. The van der Waals surface area contributed by atoms with Crippen LogP contribution < -0.4 is 19.7 Å². The van der Waals surface area contributed by atoms with Gasteiger partial charge in [0.25, 0.3) is 5.89 Å². The number of aryl methyl sites for hydroxylation is 2. The number of methoxy groups -OCH3 is 2. The van der Waals surface area contributed by atoms with Crippen LogP contribution >= 0.6 is 0 Å². The van der Waals surface area contributed by atoms with E-state index in [1.54, 1.807) is 19.1 Å². The fourth-order valence-electron chi connectivity index (χ4n) is 4.46. The van der Waals surface area contributed by atoms with Crippen LogP contribution in [0.4, 0.5) is 10.5 Å².